The van der Waals surface area contributed by atoms with Crippen LogP contribution in [0.25, 0.3) is 0 Å². The summed E-state index contributed by atoms with van der Waals surface area (Å²) >= 11 is 11.4. The highest BCUT2D eigenvalue weighted by molar-refractivity contribution is 6.42. The number of hydrogen-bond donors (Lipinski definition) is 1. The molecule has 0 saturated carbocycles. The Kier molecular flexibility index (Phi) is 4.29. The summed E-state index contributed by atoms with van der Waals surface area (Å²) in [4.78, 5) is 11.1. The number of nitrogens with one attached hydrogen (secondary N) is 1. The summed E-state index contributed by atoms with van der Waals surface area (Å²) in [7, 11) is 0. The Morgan fingerprint density at radius 2 is 2.20 bits per heavy atom. The number of rotatable bonds is 2. The van der Waals surface area contributed by atoms with Crippen LogP contribution in [-0.2, 0) is 4.74 Å². The Morgan fingerprint density at radius 3 is 2.80 bits per heavy atom. The van der Waals surface area contributed by atoms with E-state index in [4.69, 9.17) is 29.6 Å². The van der Waals surface area contributed by atoms with E-state index in [9.17, 15) is 4.79 Å². The van der Waals surface area contributed by atoms with Gasteiger partial charge in [-0.15, -0.1) is 6.42 Å². The minimum Gasteiger partial charge on any atom is -0.436 e. The predicted octanol–water partition coefficient (Wildman–Crippen LogP) is 3.18. The van der Waals surface area contributed by atoms with Crippen molar-refractivity contribution in [3.8, 4) is 12.3 Å². The van der Waals surface area contributed by atoms with E-state index in [-0.39, 0.29) is 6.61 Å². The Bertz CT molecular complexity index is 412. The first-order valence-electron chi connectivity index (χ1n) is 3.96. The fourth-order valence-corrected chi connectivity index (χ4v) is 1.13. The van der Waals surface area contributed by atoms with Crippen molar-refractivity contribution in [2.75, 3.05) is 11.9 Å². The summed E-state index contributed by atoms with van der Waals surface area (Å²) < 4.78 is 4.60. The molecule has 1 N–H and O–H groups in total. The van der Waals surface area contributed by atoms with Crippen molar-refractivity contribution in [3.05, 3.63) is 28.2 Å². The molecular weight excluding hydrogens is 237 g/mol. The maximum absolute atomic E-state index is 11.1. The summed E-state index contributed by atoms with van der Waals surface area (Å²) in [5.41, 5.74) is 0.492. The highest BCUT2D eigenvalue weighted by Crippen LogP contribution is 2.24. The number of hydrogen-bond acceptors (Lipinski definition) is 2. The minimum atomic E-state index is -0.633. The van der Waals surface area contributed by atoms with Crippen molar-refractivity contribution >= 4 is 35.0 Å². The molecular formula is C10H7Cl2NO2. The summed E-state index contributed by atoms with van der Waals surface area (Å²) in [5.74, 6) is 2.17. The molecule has 0 radical (unpaired) electrons. The van der Waals surface area contributed by atoms with Crippen LogP contribution >= 0.6 is 23.2 Å². The molecule has 0 aliphatic heterocycles. The number of ether oxygens (including phenoxy) is 1. The van der Waals surface area contributed by atoms with Gasteiger partial charge in [0.1, 0.15) is 0 Å². The summed E-state index contributed by atoms with van der Waals surface area (Å²) in [5, 5.41) is 3.21. The van der Waals surface area contributed by atoms with E-state index in [1.807, 2.05) is 0 Å². The van der Waals surface area contributed by atoms with Crippen LogP contribution in [-0.4, -0.2) is 12.7 Å². The van der Waals surface area contributed by atoms with E-state index in [0.717, 1.165) is 0 Å². The van der Waals surface area contributed by atoms with E-state index in [1.54, 1.807) is 12.1 Å². The SMILES string of the molecule is C#CCOC(=O)Nc1ccc(Cl)c(Cl)c1. The van der Waals surface area contributed by atoms with Gasteiger partial charge in [0.05, 0.1) is 10.0 Å². The first-order chi connectivity index (χ1) is 7.13. The van der Waals surface area contributed by atoms with Crippen molar-refractivity contribution in [1.82, 2.24) is 0 Å². The molecule has 0 unspecified atom stereocenters. The fourth-order valence-electron chi connectivity index (χ4n) is 0.835. The maximum Gasteiger partial charge on any atom is 0.412 e. The highest BCUT2D eigenvalue weighted by Gasteiger charge is 2.04. The van der Waals surface area contributed by atoms with Crippen LogP contribution in [0, 0.1) is 12.3 Å². The Morgan fingerprint density at radius 1 is 1.47 bits per heavy atom. The van der Waals surface area contributed by atoms with E-state index < -0.39 is 6.09 Å². The molecule has 78 valence electrons. The van der Waals surface area contributed by atoms with Gasteiger partial charge < -0.3 is 4.74 Å². The van der Waals surface area contributed by atoms with Gasteiger partial charge in [0.15, 0.2) is 6.61 Å². The minimum absolute atomic E-state index is 0.0762. The van der Waals surface area contributed by atoms with Crippen LogP contribution in [0.4, 0.5) is 10.5 Å². The van der Waals surface area contributed by atoms with Gasteiger partial charge in [-0.05, 0) is 18.2 Å². The zero-order valence-electron chi connectivity index (χ0n) is 7.59. The second-order valence-electron chi connectivity index (χ2n) is 2.53. The molecule has 1 rings (SSSR count). The molecule has 0 spiro atoms. The van der Waals surface area contributed by atoms with Crippen molar-refractivity contribution in [3.63, 3.8) is 0 Å². The van der Waals surface area contributed by atoms with Crippen LogP contribution in [0.15, 0.2) is 18.2 Å². The number of carbonyl (C=O) groups is 1. The lowest BCUT2D eigenvalue weighted by Crippen LogP contribution is -2.13. The van der Waals surface area contributed by atoms with Crippen molar-refractivity contribution in [2.45, 2.75) is 0 Å². The smallest absolute Gasteiger partial charge is 0.412 e. The standard InChI is InChI=1S/C10H7Cl2NO2/c1-2-5-15-10(14)13-7-3-4-8(11)9(12)6-7/h1,3-4,6H,5H2,(H,13,14). The van der Waals surface area contributed by atoms with Crippen molar-refractivity contribution in [2.24, 2.45) is 0 Å². The molecule has 15 heavy (non-hydrogen) atoms. The molecule has 0 fully saturated rings. The number of benzene rings is 1. The number of amides is 1. The Labute approximate surface area is 97.3 Å². The van der Waals surface area contributed by atoms with Gasteiger partial charge in [-0.25, -0.2) is 4.79 Å². The topological polar surface area (TPSA) is 38.3 Å². The molecule has 3 nitrogen and oxygen atoms in total. The molecule has 0 saturated heterocycles. The monoisotopic (exact) mass is 243 g/mol. The van der Waals surface area contributed by atoms with Crippen LogP contribution in [0.5, 0.6) is 0 Å². The van der Waals surface area contributed by atoms with Crippen molar-refractivity contribution in [1.29, 1.82) is 0 Å². The van der Waals surface area contributed by atoms with Crippen LogP contribution in [0.3, 0.4) is 0 Å². The van der Waals surface area contributed by atoms with E-state index >= 15 is 0 Å². The molecule has 1 aromatic carbocycles. The van der Waals surface area contributed by atoms with E-state index in [2.05, 4.69) is 16.0 Å². The number of carbonyl (C=O) groups excluding carboxylic acids is 1. The molecule has 0 aromatic heterocycles. The zero-order valence-corrected chi connectivity index (χ0v) is 9.10. The van der Waals surface area contributed by atoms with Crippen LogP contribution in [0.1, 0.15) is 0 Å². The fraction of sp³-hybridized carbons (Fsp3) is 0.100. The third-order valence-corrected chi connectivity index (χ3v) is 2.19. The third-order valence-electron chi connectivity index (χ3n) is 1.45. The van der Waals surface area contributed by atoms with Gasteiger partial charge in [-0.3, -0.25) is 5.32 Å². The summed E-state index contributed by atoms with van der Waals surface area (Å²) in [6, 6.07) is 4.69. The van der Waals surface area contributed by atoms with E-state index in [1.165, 1.54) is 6.07 Å². The molecule has 0 atom stereocenters. The van der Waals surface area contributed by atoms with Crippen LogP contribution in [0.2, 0.25) is 10.0 Å². The normalized spacial score (nSPS) is 9.13. The van der Waals surface area contributed by atoms with Gasteiger partial charge in [0.2, 0.25) is 0 Å². The molecule has 5 heteroatoms. The first kappa shape index (κ1) is 11.7. The van der Waals surface area contributed by atoms with Crippen molar-refractivity contribution < 1.29 is 9.53 Å². The molecule has 0 aliphatic carbocycles. The quantitative estimate of drug-likeness (QED) is 0.811. The lowest BCUT2D eigenvalue weighted by atomic mass is 10.3. The highest BCUT2D eigenvalue weighted by atomic mass is 35.5. The number of terminal acetylenes is 1. The summed E-state index contributed by atoms with van der Waals surface area (Å²) in [6.45, 7) is -0.0762. The zero-order chi connectivity index (χ0) is 11.3. The van der Waals surface area contributed by atoms with E-state index in [0.29, 0.717) is 15.7 Å². The number of anilines is 1. The molecule has 0 aliphatic rings. The third kappa shape index (κ3) is 3.70. The molecule has 1 aromatic rings. The maximum atomic E-state index is 11.1. The van der Waals surface area contributed by atoms with Gasteiger partial charge >= 0.3 is 6.09 Å². The van der Waals surface area contributed by atoms with Gasteiger partial charge in [0, 0.05) is 5.69 Å². The predicted molar refractivity (Wildman–Crippen MR) is 60.3 cm³/mol. The van der Waals surface area contributed by atoms with Crippen LogP contribution < -0.4 is 5.32 Å². The first-order valence-corrected chi connectivity index (χ1v) is 4.71. The molecule has 0 heterocycles. The summed E-state index contributed by atoms with van der Waals surface area (Å²) in [6.07, 6.45) is 4.29. The second kappa shape index (κ2) is 5.50. The van der Waals surface area contributed by atoms with Gasteiger partial charge in [-0.1, -0.05) is 29.1 Å². The molecule has 1 amide bonds. The Hall–Kier alpha value is -1.37. The Balaban J connectivity index is 2.62. The lowest BCUT2D eigenvalue weighted by molar-refractivity contribution is 0.176. The second-order valence-corrected chi connectivity index (χ2v) is 3.35. The lowest BCUT2D eigenvalue weighted by Gasteiger charge is -2.05. The molecule has 0 bridgehead atoms. The average molecular weight is 244 g/mol. The van der Waals surface area contributed by atoms with Gasteiger partial charge in [0.25, 0.3) is 0 Å². The largest absolute Gasteiger partial charge is 0.436 e. The average Bonchev–Trinajstić information content (AvgIpc) is 2.20. The number of halogens is 2. The van der Waals surface area contributed by atoms with Gasteiger partial charge in [-0.2, -0.15) is 0 Å².